The standard InChI is InChI=1S/C17H14ClFN2O3S2/c1-10-12-8-11(18)6-7-14(12)25-15(10)9-17(22)20-21-26(23,24)16-5-3-2-4-13(16)19/h2-8,21H,9H2,1H3,(H,20,22). The lowest BCUT2D eigenvalue weighted by molar-refractivity contribution is -0.120. The van der Waals surface area contributed by atoms with Crippen molar-refractivity contribution in [1.82, 2.24) is 10.3 Å². The quantitative estimate of drug-likeness (QED) is 0.629. The zero-order valence-electron chi connectivity index (χ0n) is 13.5. The van der Waals surface area contributed by atoms with Gasteiger partial charge in [-0.25, -0.2) is 12.8 Å². The van der Waals surface area contributed by atoms with E-state index in [1.165, 1.54) is 23.5 Å². The SMILES string of the molecule is Cc1c(CC(=O)NNS(=O)(=O)c2ccccc2F)sc2ccc(Cl)cc12. The van der Waals surface area contributed by atoms with Gasteiger partial charge in [-0.15, -0.1) is 16.2 Å². The van der Waals surface area contributed by atoms with Gasteiger partial charge in [0.25, 0.3) is 10.0 Å². The van der Waals surface area contributed by atoms with Crippen molar-refractivity contribution >= 4 is 49.0 Å². The summed E-state index contributed by atoms with van der Waals surface area (Å²) < 4.78 is 38.8. The molecule has 136 valence electrons. The molecule has 0 fully saturated rings. The molecular formula is C17H14ClFN2O3S2. The number of benzene rings is 2. The molecular weight excluding hydrogens is 399 g/mol. The molecule has 0 saturated carbocycles. The molecule has 0 aliphatic heterocycles. The number of carbonyl (C=O) groups excluding carboxylic acids is 1. The zero-order valence-corrected chi connectivity index (χ0v) is 15.9. The largest absolute Gasteiger partial charge is 0.277 e. The van der Waals surface area contributed by atoms with Crippen LogP contribution in [0.3, 0.4) is 0 Å². The van der Waals surface area contributed by atoms with Crippen LogP contribution >= 0.6 is 22.9 Å². The molecule has 2 N–H and O–H groups in total. The summed E-state index contributed by atoms with van der Waals surface area (Å²) in [6.45, 7) is 1.88. The topological polar surface area (TPSA) is 75.3 Å². The van der Waals surface area contributed by atoms with Crippen molar-refractivity contribution in [2.75, 3.05) is 0 Å². The number of hydrogen-bond acceptors (Lipinski definition) is 4. The maximum atomic E-state index is 13.6. The van der Waals surface area contributed by atoms with Crippen molar-refractivity contribution in [3.05, 3.63) is 63.7 Å². The van der Waals surface area contributed by atoms with Gasteiger partial charge in [-0.1, -0.05) is 23.7 Å². The summed E-state index contributed by atoms with van der Waals surface area (Å²) in [6, 6.07) is 10.4. The predicted octanol–water partition coefficient (Wildman–Crippen LogP) is 3.55. The highest BCUT2D eigenvalue weighted by Crippen LogP contribution is 2.32. The van der Waals surface area contributed by atoms with Crippen LogP contribution in [0.15, 0.2) is 47.4 Å². The Morgan fingerprint density at radius 2 is 1.96 bits per heavy atom. The molecule has 3 aromatic rings. The molecule has 26 heavy (non-hydrogen) atoms. The Bertz CT molecular complexity index is 1100. The minimum atomic E-state index is -4.19. The zero-order chi connectivity index (χ0) is 18.9. The first-order valence-electron chi connectivity index (χ1n) is 7.50. The van der Waals surface area contributed by atoms with Gasteiger partial charge in [-0.2, -0.15) is 0 Å². The van der Waals surface area contributed by atoms with Crippen molar-refractivity contribution in [3.8, 4) is 0 Å². The minimum absolute atomic E-state index is 0.0113. The van der Waals surface area contributed by atoms with E-state index >= 15 is 0 Å². The van der Waals surface area contributed by atoms with E-state index in [4.69, 9.17) is 11.6 Å². The Morgan fingerprint density at radius 3 is 2.69 bits per heavy atom. The van der Waals surface area contributed by atoms with E-state index < -0.39 is 26.6 Å². The number of thiophene rings is 1. The number of nitrogens with one attached hydrogen (secondary N) is 2. The average Bonchev–Trinajstić information content (AvgIpc) is 2.89. The van der Waals surface area contributed by atoms with Crippen LogP contribution in [0.25, 0.3) is 10.1 Å². The van der Waals surface area contributed by atoms with Gasteiger partial charge >= 0.3 is 0 Å². The molecule has 2 aromatic carbocycles. The molecule has 0 unspecified atom stereocenters. The summed E-state index contributed by atoms with van der Waals surface area (Å²) in [7, 11) is -4.19. The summed E-state index contributed by atoms with van der Waals surface area (Å²) >= 11 is 7.43. The van der Waals surface area contributed by atoms with Crippen molar-refractivity contribution < 1.29 is 17.6 Å². The van der Waals surface area contributed by atoms with Crippen LogP contribution in [0.2, 0.25) is 5.02 Å². The monoisotopic (exact) mass is 412 g/mol. The number of rotatable bonds is 5. The third-order valence-corrected chi connectivity index (χ3v) is 6.56. The van der Waals surface area contributed by atoms with Crippen molar-refractivity contribution in [2.45, 2.75) is 18.2 Å². The highest BCUT2D eigenvalue weighted by molar-refractivity contribution is 7.89. The van der Waals surface area contributed by atoms with Crippen molar-refractivity contribution in [3.63, 3.8) is 0 Å². The third kappa shape index (κ3) is 3.88. The van der Waals surface area contributed by atoms with Crippen LogP contribution in [0.4, 0.5) is 4.39 Å². The van der Waals surface area contributed by atoms with Gasteiger partial charge < -0.3 is 0 Å². The van der Waals surface area contributed by atoms with Gasteiger partial charge in [-0.3, -0.25) is 10.2 Å². The molecule has 5 nitrogen and oxygen atoms in total. The Kier molecular flexibility index (Phi) is 5.29. The first-order valence-corrected chi connectivity index (χ1v) is 10.2. The van der Waals surface area contributed by atoms with E-state index in [0.717, 1.165) is 32.7 Å². The number of hydrogen-bond donors (Lipinski definition) is 2. The highest BCUT2D eigenvalue weighted by Gasteiger charge is 2.20. The second-order valence-electron chi connectivity index (χ2n) is 5.55. The Morgan fingerprint density at radius 1 is 1.23 bits per heavy atom. The Labute approximate surface area is 158 Å². The van der Waals surface area contributed by atoms with Crippen LogP contribution in [-0.4, -0.2) is 14.3 Å². The average molecular weight is 413 g/mol. The molecule has 1 heterocycles. The molecule has 0 radical (unpaired) electrons. The van der Waals surface area contributed by atoms with Crippen LogP contribution < -0.4 is 10.3 Å². The van der Waals surface area contributed by atoms with Crippen LogP contribution in [0, 0.1) is 12.7 Å². The van der Waals surface area contributed by atoms with Crippen LogP contribution in [0.5, 0.6) is 0 Å². The van der Waals surface area contributed by atoms with Gasteiger partial charge in [0.2, 0.25) is 5.91 Å². The van der Waals surface area contributed by atoms with Crippen molar-refractivity contribution in [2.24, 2.45) is 0 Å². The van der Waals surface area contributed by atoms with E-state index in [1.54, 1.807) is 6.07 Å². The molecule has 0 saturated heterocycles. The fraction of sp³-hybridized carbons (Fsp3) is 0.118. The number of aryl methyl sites for hydroxylation is 1. The second kappa shape index (κ2) is 7.32. The molecule has 0 bridgehead atoms. The number of carbonyl (C=O) groups is 1. The van der Waals surface area contributed by atoms with Gasteiger partial charge in [0, 0.05) is 14.6 Å². The van der Waals surface area contributed by atoms with E-state index in [1.807, 2.05) is 23.9 Å². The summed E-state index contributed by atoms with van der Waals surface area (Å²) in [4.78, 5) is 14.3. The summed E-state index contributed by atoms with van der Waals surface area (Å²) in [5.41, 5.74) is 3.03. The number of amides is 1. The number of halogens is 2. The second-order valence-corrected chi connectivity index (χ2v) is 8.78. The summed E-state index contributed by atoms with van der Waals surface area (Å²) in [5.74, 6) is -1.45. The first kappa shape index (κ1) is 18.8. The van der Waals surface area contributed by atoms with E-state index in [2.05, 4.69) is 5.43 Å². The molecule has 0 spiro atoms. The lowest BCUT2D eigenvalue weighted by Gasteiger charge is -2.09. The summed E-state index contributed by atoms with van der Waals surface area (Å²) in [5, 5.41) is 1.56. The highest BCUT2D eigenvalue weighted by atomic mass is 35.5. The fourth-order valence-electron chi connectivity index (χ4n) is 2.44. The lowest BCUT2D eigenvalue weighted by Crippen LogP contribution is -2.42. The van der Waals surface area contributed by atoms with E-state index in [9.17, 15) is 17.6 Å². The van der Waals surface area contributed by atoms with Gasteiger partial charge in [0.05, 0.1) is 6.42 Å². The number of sulfonamides is 1. The lowest BCUT2D eigenvalue weighted by atomic mass is 10.1. The molecule has 0 aliphatic rings. The Balaban J connectivity index is 1.72. The molecule has 9 heteroatoms. The maximum Gasteiger partial charge on any atom is 0.260 e. The molecule has 0 aliphatic carbocycles. The van der Waals surface area contributed by atoms with Crippen LogP contribution in [-0.2, 0) is 21.2 Å². The van der Waals surface area contributed by atoms with E-state index in [-0.39, 0.29) is 6.42 Å². The Hall–Kier alpha value is -2.00. The normalized spacial score (nSPS) is 11.7. The van der Waals surface area contributed by atoms with Gasteiger partial charge in [0.15, 0.2) is 0 Å². The van der Waals surface area contributed by atoms with Gasteiger partial charge in [-0.05, 0) is 48.2 Å². The third-order valence-electron chi connectivity index (χ3n) is 3.77. The predicted molar refractivity (Wildman–Crippen MR) is 100 cm³/mol. The molecule has 1 aromatic heterocycles. The van der Waals surface area contributed by atoms with Gasteiger partial charge in [0.1, 0.15) is 10.7 Å². The summed E-state index contributed by atoms with van der Waals surface area (Å²) in [6.07, 6.45) is -0.0113. The molecule has 0 atom stereocenters. The smallest absolute Gasteiger partial charge is 0.260 e. The fourth-order valence-corrected chi connectivity index (χ4v) is 4.75. The number of fused-ring (bicyclic) bond motifs is 1. The van der Waals surface area contributed by atoms with Crippen molar-refractivity contribution in [1.29, 1.82) is 0 Å². The maximum absolute atomic E-state index is 13.6. The van der Waals surface area contributed by atoms with E-state index in [0.29, 0.717) is 5.02 Å². The number of hydrazine groups is 1. The minimum Gasteiger partial charge on any atom is -0.277 e. The first-order chi connectivity index (χ1) is 12.3. The molecule has 1 amide bonds. The molecule has 3 rings (SSSR count). The van der Waals surface area contributed by atoms with Crippen LogP contribution in [0.1, 0.15) is 10.4 Å².